The fourth-order valence-corrected chi connectivity index (χ4v) is 2.32. The summed E-state index contributed by atoms with van der Waals surface area (Å²) in [6, 6.07) is 9.81. The van der Waals surface area contributed by atoms with E-state index in [1.54, 1.807) is 6.07 Å². The monoisotopic (exact) mass is 308 g/mol. The van der Waals surface area contributed by atoms with Crippen LogP contribution in [0, 0.1) is 0 Å². The molecule has 0 unspecified atom stereocenters. The van der Waals surface area contributed by atoms with Gasteiger partial charge in [0, 0.05) is 11.1 Å². The Morgan fingerprint density at radius 1 is 0.750 bits per heavy atom. The fourth-order valence-electron chi connectivity index (χ4n) is 1.63. The Bertz CT molecular complexity index is 664. The second kappa shape index (κ2) is 3.82. The topological polar surface area (TPSA) is 17.1 Å². The van der Waals surface area contributed by atoms with Crippen LogP contribution in [-0.4, -0.2) is 5.78 Å². The van der Waals surface area contributed by atoms with E-state index in [0.29, 0.717) is 0 Å². The van der Waals surface area contributed by atoms with Gasteiger partial charge in [0.2, 0.25) is 0 Å². The van der Waals surface area contributed by atoms with Crippen LogP contribution in [0.2, 0.25) is 0 Å². The molecule has 0 amide bonds. The maximum absolute atomic E-state index is 12.7. The van der Waals surface area contributed by atoms with Gasteiger partial charge in [-0.2, -0.15) is 0 Å². The highest BCUT2D eigenvalue weighted by Crippen LogP contribution is 3.02. The number of carbonyl (C=O) groups excluding carboxylic acids is 1. The summed E-state index contributed by atoms with van der Waals surface area (Å²) >= 11 is 0. The van der Waals surface area contributed by atoms with Crippen LogP contribution >= 0.6 is 10.2 Å². The number of halogens is 5. The van der Waals surface area contributed by atoms with E-state index in [-0.39, 0.29) is 17.7 Å². The van der Waals surface area contributed by atoms with E-state index in [1.807, 2.05) is 0 Å². The van der Waals surface area contributed by atoms with Crippen molar-refractivity contribution >= 4 is 16.0 Å². The third kappa shape index (κ3) is 3.16. The molecule has 0 bridgehead atoms. The molecule has 2 aromatic rings. The molecular formula is C13H9F5OS. The van der Waals surface area contributed by atoms with Gasteiger partial charge in [-0.3, -0.25) is 4.79 Å². The molecule has 2 aromatic carbocycles. The standard InChI is InChI=1S/C13H9F5OS/c14-20(15,16,17,18)12-8-4-7-11(9-12)13(19)10-5-2-1-3-6-10/h1-9H. The first-order valence-corrected chi connectivity index (χ1v) is 7.36. The summed E-state index contributed by atoms with van der Waals surface area (Å²) < 4.78 is 63.4. The minimum absolute atomic E-state index is 0.131. The lowest BCUT2D eigenvalue weighted by Gasteiger charge is -2.40. The molecule has 0 radical (unpaired) electrons. The number of hydrogen-bond donors (Lipinski definition) is 0. The highest BCUT2D eigenvalue weighted by Gasteiger charge is 2.65. The smallest absolute Gasteiger partial charge is 0.289 e. The molecule has 0 aliphatic rings. The lowest BCUT2D eigenvalue weighted by atomic mass is 10.0. The van der Waals surface area contributed by atoms with Crippen molar-refractivity contribution in [3.05, 3.63) is 65.7 Å². The Morgan fingerprint density at radius 2 is 1.30 bits per heavy atom. The summed E-state index contributed by atoms with van der Waals surface area (Å²) in [6.45, 7) is 0. The molecule has 0 heterocycles. The third-order valence-electron chi connectivity index (χ3n) is 2.58. The van der Waals surface area contributed by atoms with Gasteiger partial charge in [-0.25, -0.2) is 0 Å². The summed E-state index contributed by atoms with van der Waals surface area (Å²) in [4.78, 5) is 9.87. The van der Waals surface area contributed by atoms with Crippen molar-refractivity contribution in [3.63, 3.8) is 0 Å². The molecule has 0 saturated heterocycles. The molecule has 0 aliphatic carbocycles. The first kappa shape index (κ1) is 14.5. The van der Waals surface area contributed by atoms with Crippen molar-refractivity contribution < 1.29 is 24.2 Å². The van der Waals surface area contributed by atoms with E-state index < -0.39 is 26.5 Å². The van der Waals surface area contributed by atoms with Gasteiger partial charge < -0.3 is 0 Å². The summed E-state index contributed by atoms with van der Waals surface area (Å²) in [6.07, 6.45) is 0. The van der Waals surface area contributed by atoms with Crippen molar-refractivity contribution in [2.45, 2.75) is 4.90 Å². The van der Waals surface area contributed by atoms with Crippen molar-refractivity contribution in [2.24, 2.45) is 0 Å². The van der Waals surface area contributed by atoms with Gasteiger partial charge in [-0.1, -0.05) is 61.9 Å². The Kier molecular flexibility index (Phi) is 2.77. The van der Waals surface area contributed by atoms with Gasteiger partial charge in [0.15, 0.2) is 5.78 Å². The quantitative estimate of drug-likeness (QED) is 0.535. The average Bonchev–Trinajstić information content (AvgIpc) is 2.36. The number of ketones is 1. The lowest BCUT2D eigenvalue weighted by Crippen LogP contribution is -2.08. The van der Waals surface area contributed by atoms with E-state index in [4.69, 9.17) is 0 Å². The Hall–Kier alpha value is -1.89. The Balaban J connectivity index is 2.50. The molecule has 2 rings (SSSR count). The van der Waals surface area contributed by atoms with Gasteiger partial charge in [0.25, 0.3) is 0 Å². The van der Waals surface area contributed by atoms with Crippen molar-refractivity contribution in [1.82, 2.24) is 0 Å². The predicted molar refractivity (Wildman–Crippen MR) is 67.7 cm³/mol. The van der Waals surface area contributed by atoms with Crippen LogP contribution in [0.15, 0.2) is 59.5 Å². The van der Waals surface area contributed by atoms with E-state index in [0.717, 1.165) is 12.1 Å². The van der Waals surface area contributed by atoms with Gasteiger partial charge in [0.1, 0.15) is 4.90 Å². The molecular weight excluding hydrogens is 299 g/mol. The van der Waals surface area contributed by atoms with E-state index in [1.165, 1.54) is 24.3 Å². The number of benzene rings is 2. The summed E-state index contributed by atoms with van der Waals surface area (Å²) in [5.74, 6) is -0.741. The molecule has 0 aliphatic heterocycles. The van der Waals surface area contributed by atoms with Crippen LogP contribution in [0.25, 0.3) is 0 Å². The minimum atomic E-state index is -9.77. The molecule has 0 spiro atoms. The Labute approximate surface area is 111 Å². The molecule has 0 saturated carbocycles. The SMILES string of the molecule is O=C(c1ccccc1)c1cccc(S(F)(F)(F)(F)F)c1. The molecule has 20 heavy (non-hydrogen) atoms. The second-order valence-electron chi connectivity index (χ2n) is 4.19. The molecule has 1 nitrogen and oxygen atoms in total. The first-order valence-electron chi connectivity index (χ1n) is 5.41. The average molecular weight is 308 g/mol. The largest absolute Gasteiger partial charge is 0.310 e. The zero-order valence-electron chi connectivity index (χ0n) is 9.90. The summed E-state index contributed by atoms with van der Waals surface area (Å²) in [5.41, 5.74) is -0.297. The third-order valence-corrected chi connectivity index (χ3v) is 3.72. The molecule has 0 fully saturated rings. The van der Waals surface area contributed by atoms with E-state index in [9.17, 15) is 24.2 Å². The van der Waals surface area contributed by atoms with Crippen molar-refractivity contribution in [1.29, 1.82) is 0 Å². The van der Waals surface area contributed by atoms with Crippen LogP contribution in [0.3, 0.4) is 0 Å². The summed E-state index contributed by atoms with van der Waals surface area (Å²) in [5, 5.41) is 0. The summed E-state index contributed by atoms with van der Waals surface area (Å²) in [7, 11) is -9.77. The molecule has 0 aromatic heterocycles. The van der Waals surface area contributed by atoms with Gasteiger partial charge in [-0.05, 0) is 12.1 Å². The van der Waals surface area contributed by atoms with Crippen LogP contribution in [-0.2, 0) is 0 Å². The van der Waals surface area contributed by atoms with E-state index >= 15 is 0 Å². The molecule has 0 atom stereocenters. The second-order valence-corrected chi connectivity index (χ2v) is 6.60. The van der Waals surface area contributed by atoms with Gasteiger partial charge in [0.05, 0.1) is 0 Å². The van der Waals surface area contributed by atoms with Crippen LogP contribution in [0.4, 0.5) is 19.4 Å². The lowest BCUT2D eigenvalue weighted by molar-refractivity contribution is 0.103. The molecule has 7 heteroatoms. The zero-order chi connectivity index (χ0) is 15.1. The van der Waals surface area contributed by atoms with Gasteiger partial charge in [-0.15, -0.1) is 0 Å². The van der Waals surface area contributed by atoms with Crippen LogP contribution < -0.4 is 0 Å². The zero-order valence-corrected chi connectivity index (χ0v) is 10.7. The normalized spacial score (nSPS) is 15.2. The predicted octanol–water partition coefficient (Wildman–Crippen LogP) is 5.58. The maximum Gasteiger partial charge on any atom is 0.310 e. The van der Waals surface area contributed by atoms with Crippen molar-refractivity contribution in [3.8, 4) is 0 Å². The van der Waals surface area contributed by atoms with Crippen LogP contribution in [0.5, 0.6) is 0 Å². The fraction of sp³-hybridized carbons (Fsp3) is 0. The van der Waals surface area contributed by atoms with Crippen LogP contribution in [0.1, 0.15) is 15.9 Å². The van der Waals surface area contributed by atoms with E-state index in [2.05, 4.69) is 0 Å². The van der Waals surface area contributed by atoms with Crippen molar-refractivity contribution in [2.75, 3.05) is 0 Å². The Morgan fingerprint density at radius 3 is 1.85 bits per heavy atom. The number of hydrogen-bond acceptors (Lipinski definition) is 1. The highest BCUT2D eigenvalue weighted by atomic mass is 32.5. The number of rotatable bonds is 3. The maximum atomic E-state index is 12.7. The first-order chi connectivity index (χ1) is 8.97. The van der Waals surface area contributed by atoms with Gasteiger partial charge >= 0.3 is 10.2 Å². The molecule has 108 valence electrons. The highest BCUT2D eigenvalue weighted by molar-refractivity contribution is 8.45. The molecule has 0 N–H and O–H groups in total. The number of carbonyl (C=O) groups is 1. The minimum Gasteiger partial charge on any atom is -0.289 e.